The molecule has 3 heterocycles. The lowest BCUT2D eigenvalue weighted by Gasteiger charge is -2.44. The number of hydrogen-bond acceptors (Lipinski definition) is 6. The van der Waals surface area contributed by atoms with Crippen molar-refractivity contribution in [2.45, 2.75) is 32.9 Å². The predicted molar refractivity (Wildman–Crippen MR) is 74.6 cm³/mol. The maximum Gasteiger partial charge on any atom is 0.252 e. The second-order valence-corrected chi connectivity index (χ2v) is 5.85. The molecule has 2 amide bonds. The van der Waals surface area contributed by atoms with Crippen LogP contribution in [-0.2, 0) is 14.3 Å². The van der Waals surface area contributed by atoms with Crippen molar-refractivity contribution in [3.63, 3.8) is 0 Å². The molecule has 2 aliphatic rings. The highest BCUT2D eigenvalue weighted by Crippen LogP contribution is 2.31. The fraction of sp³-hybridized carbons (Fsp3) is 0.714. The number of hydrogen-bond donors (Lipinski definition) is 0. The molecule has 2 saturated heterocycles. The minimum atomic E-state index is -0.367. The van der Waals surface area contributed by atoms with Crippen LogP contribution in [-0.4, -0.2) is 64.1 Å². The molecule has 2 aliphatic heterocycles. The number of likely N-dealkylation sites (tertiary alicyclic amines) is 1. The molecule has 0 unspecified atom stereocenters. The highest BCUT2D eigenvalue weighted by atomic mass is 16.5. The maximum atomic E-state index is 12.7. The van der Waals surface area contributed by atoms with E-state index in [0.717, 1.165) is 0 Å². The molecule has 1 aromatic heterocycles. The zero-order valence-electron chi connectivity index (χ0n) is 13.0. The first-order valence-electron chi connectivity index (χ1n) is 7.45. The Bertz CT molecular complexity index is 581. The molecule has 22 heavy (non-hydrogen) atoms. The van der Waals surface area contributed by atoms with Gasteiger partial charge in [-0.05, 0) is 13.8 Å². The molecule has 3 rings (SSSR count). The minimum Gasteiger partial charge on any atom is -0.374 e. The van der Waals surface area contributed by atoms with E-state index in [0.29, 0.717) is 38.0 Å². The van der Waals surface area contributed by atoms with Crippen molar-refractivity contribution in [1.82, 2.24) is 19.9 Å². The summed E-state index contributed by atoms with van der Waals surface area (Å²) in [5, 5.41) is 3.80. The van der Waals surface area contributed by atoms with E-state index < -0.39 is 0 Å². The lowest BCUT2D eigenvalue weighted by atomic mass is 9.96. The molecular weight excluding hydrogens is 288 g/mol. The number of rotatable bonds is 2. The number of aromatic nitrogens is 2. The van der Waals surface area contributed by atoms with Crippen molar-refractivity contribution in [2.24, 2.45) is 5.92 Å². The van der Waals surface area contributed by atoms with Crippen LogP contribution >= 0.6 is 0 Å². The van der Waals surface area contributed by atoms with Crippen molar-refractivity contribution >= 4 is 11.8 Å². The molecule has 1 aromatic rings. The molecule has 0 spiro atoms. The quantitative estimate of drug-likeness (QED) is 0.772. The number of carbonyl (C=O) groups is 2. The third-order valence-electron chi connectivity index (χ3n) is 4.25. The average molecular weight is 308 g/mol. The van der Waals surface area contributed by atoms with Crippen LogP contribution < -0.4 is 0 Å². The van der Waals surface area contributed by atoms with Gasteiger partial charge in [0.15, 0.2) is 5.82 Å². The van der Waals surface area contributed by atoms with Crippen LogP contribution in [0.1, 0.15) is 31.6 Å². The molecule has 2 fully saturated rings. The molecule has 8 nitrogen and oxygen atoms in total. The standard InChI is InChI=1S/C14H20N4O4/c1-8-12(13-15-9(2)16-22-13)18(4-5-21-8)14(20)11-6-17(7-11)10(3)19/h8,11-12H,4-7H2,1-3H3/t8-,12+/m1/s1. The first-order valence-corrected chi connectivity index (χ1v) is 7.45. The molecule has 0 saturated carbocycles. The normalized spacial score (nSPS) is 26.0. The van der Waals surface area contributed by atoms with E-state index in [1.807, 2.05) is 6.92 Å². The van der Waals surface area contributed by atoms with Gasteiger partial charge in [-0.2, -0.15) is 4.98 Å². The topological polar surface area (TPSA) is 88.8 Å². The van der Waals surface area contributed by atoms with Gasteiger partial charge < -0.3 is 19.1 Å². The van der Waals surface area contributed by atoms with Gasteiger partial charge in [-0.25, -0.2) is 0 Å². The van der Waals surface area contributed by atoms with Crippen molar-refractivity contribution < 1.29 is 18.8 Å². The van der Waals surface area contributed by atoms with Gasteiger partial charge in [0, 0.05) is 26.6 Å². The van der Waals surface area contributed by atoms with E-state index in [-0.39, 0.29) is 29.9 Å². The molecule has 120 valence electrons. The molecule has 8 heteroatoms. The van der Waals surface area contributed by atoms with Gasteiger partial charge in [0.1, 0.15) is 6.04 Å². The van der Waals surface area contributed by atoms with E-state index in [2.05, 4.69) is 10.1 Å². The lowest BCUT2D eigenvalue weighted by molar-refractivity contribution is -0.159. The van der Waals surface area contributed by atoms with Crippen LogP contribution in [0.3, 0.4) is 0 Å². The van der Waals surface area contributed by atoms with Gasteiger partial charge in [0.2, 0.25) is 11.8 Å². The van der Waals surface area contributed by atoms with Gasteiger partial charge in [-0.15, -0.1) is 0 Å². The molecule has 0 aliphatic carbocycles. The SMILES string of the molecule is CC(=O)N1CC(C(=O)N2CCO[C@H](C)[C@H]2c2nc(C)no2)C1. The number of aryl methyl sites for hydroxylation is 1. The first kappa shape index (κ1) is 15.0. The number of carbonyl (C=O) groups excluding carboxylic acids is 2. The van der Waals surface area contributed by atoms with Crippen LogP contribution in [0.4, 0.5) is 0 Å². The summed E-state index contributed by atoms with van der Waals surface area (Å²) in [4.78, 5) is 31.7. The summed E-state index contributed by atoms with van der Waals surface area (Å²) >= 11 is 0. The van der Waals surface area contributed by atoms with Gasteiger partial charge in [-0.1, -0.05) is 5.16 Å². The van der Waals surface area contributed by atoms with Gasteiger partial charge in [0.25, 0.3) is 5.89 Å². The number of morpholine rings is 1. The summed E-state index contributed by atoms with van der Waals surface area (Å²) in [7, 11) is 0. The van der Waals surface area contributed by atoms with Crippen molar-refractivity contribution in [2.75, 3.05) is 26.2 Å². The fourth-order valence-electron chi connectivity index (χ4n) is 2.96. The second-order valence-electron chi connectivity index (χ2n) is 5.85. The van der Waals surface area contributed by atoms with Crippen LogP contribution in [0.25, 0.3) is 0 Å². The number of nitrogens with zero attached hydrogens (tertiary/aromatic N) is 4. The van der Waals surface area contributed by atoms with Crippen LogP contribution in [0.15, 0.2) is 4.52 Å². The summed E-state index contributed by atoms with van der Waals surface area (Å²) in [5.41, 5.74) is 0. The summed E-state index contributed by atoms with van der Waals surface area (Å²) < 4.78 is 10.9. The Balaban J connectivity index is 1.75. The van der Waals surface area contributed by atoms with E-state index in [4.69, 9.17) is 9.26 Å². The molecule has 0 aromatic carbocycles. The minimum absolute atomic E-state index is 0.00321. The predicted octanol–water partition coefficient (Wildman–Crippen LogP) is 0.145. The lowest BCUT2D eigenvalue weighted by Crippen LogP contribution is -2.58. The Hall–Kier alpha value is -1.96. The Morgan fingerprint density at radius 1 is 1.32 bits per heavy atom. The van der Waals surface area contributed by atoms with Gasteiger partial charge in [0.05, 0.1) is 18.6 Å². The van der Waals surface area contributed by atoms with Gasteiger partial charge in [-0.3, -0.25) is 9.59 Å². The Kier molecular flexibility index (Phi) is 3.86. The Morgan fingerprint density at radius 3 is 2.64 bits per heavy atom. The molecule has 0 bridgehead atoms. The Morgan fingerprint density at radius 2 is 2.05 bits per heavy atom. The van der Waals surface area contributed by atoms with Crippen LogP contribution in [0.5, 0.6) is 0 Å². The van der Waals surface area contributed by atoms with E-state index in [1.54, 1.807) is 16.7 Å². The Labute approximate surface area is 128 Å². The van der Waals surface area contributed by atoms with Crippen molar-refractivity contribution in [1.29, 1.82) is 0 Å². The van der Waals surface area contributed by atoms with E-state index in [9.17, 15) is 9.59 Å². The third kappa shape index (κ3) is 2.58. The first-order chi connectivity index (χ1) is 10.5. The summed E-state index contributed by atoms with van der Waals surface area (Å²) in [5.74, 6) is 0.810. The number of amides is 2. The molecular formula is C14H20N4O4. The van der Waals surface area contributed by atoms with Crippen molar-refractivity contribution in [3.05, 3.63) is 11.7 Å². The average Bonchev–Trinajstić information content (AvgIpc) is 2.82. The maximum absolute atomic E-state index is 12.7. The second kappa shape index (κ2) is 5.68. The fourth-order valence-corrected chi connectivity index (χ4v) is 2.96. The zero-order chi connectivity index (χ0) is 15.9. The molecule has 2 atom stereocenters. The highest BCUT2D eigenvalue weighted by molar-refractivity contribution is 5.84. The molecule has 0 radical (unpaired) electrons. The van der Waals surface area contributed by atoms with E-state index >= 15 is 0 Å². The van der Waals surface area contributed by atoms with Gasteiger partial charge >= 0.3 is 0 Å². The molecule has 0 N–H and O–H groups in total. The smallest absolute Gasteiger partial charge is 0.252 e. The summed E-state index contributed by atoms with van der Waals surface area (Å²) in [6, 6.07) is -0.367. The third-order valence-corrected chi connectivity index (χ3v) is 4.25. The number of ether oxygens (including phenoxy) is 1. The highest BCUT2D eigenvalue weighted by Gasteiger charge is 2.43. The summed E-state index contributed by atoms with van der Waals surface area (Å²) in [6.07, 6.45) is -0.207. The van der Waals surface area contributed by atoms with Crippen molar-refractivity contribution in [3.8, 4) is 0 Å². The summed E-state index contributed by atoms with van der Waals surface area (Å²) in [6.45, 7) is 7.09. The zero-order valence-corrected chi connectivity index (χ0v) is 13.0. The van der Waals surface area contributed by atoms with Crippen LogP contribution in [0.2, 0.25) is 0 Å². The monoisotopic (exact) mass is 308 g/mol. The largest absolute Gasteiger partial charge is 0.374 e. The van der Waals surface area contributed by atoms with Crippen LogP contribution in [0, 0.1) is 12.8 Å². The van der Waals surface area contributed by atoms with E-state index in [1.165, 1.54) is 6.92 Å².